The Morgan fingerprint density at radius 1 is 1.28 bits per heavy atom. The Morgan fingerprint density at radius 3 is 2.33 bits per heavy atom. The first-order chi connectivity index (χ1) is 8.23. The number of rotatable bonds is 4. The molecule has 0 saturated carbocycles. The van der Waals surface area contributed by atoms with Crippen molar-refractivity contribution in [3.8, 4) is 0 Å². The summed E-state index contributed by atoms with van der Waals surface area (Å²) in [5.41, 5.74) is -0.873. The smallest absolute Gasteiger partial charge is 0.256 e. The van der Waals surface area contributed by atoms with E-state index in [9.17, 15) is 19.8 Å². The van der Waals surface area contributed by atoms with Gasteiger partial charge in [-0.2, -0.15) is 0 Å². The summed E-state index contributed by atoms with van der Waals surface area (Å²) < 4.78 is 0. The number of carbonyl (C=O) groups excluding carboxylic acids is 2. The first kappa shape index (κ1) is 14.3. The van der Waals surface area contributed by atoms with Gasteiger partial charge in [-0.3, -0.25) is 9.59 Å². The molecule has 1 unspecified atom stereocenters. The molecule has 0 radical (unpaired) electrons. The highest BCUT2D eigenvalue weighted by molar-refractivity contribution is 6.04. The normalized spacial score (nSPS) is 12.9. The molecule has 0 aliphatic carbocycles. The summed E-state index contributed by atoms with van der Waals surface area (Å²) in [6.07, 6.45) is -1.57. The second-order valence-electron chi connectivity index (χ2n) is 4.65. The van der Waals surface area contributed by atoms with Crippen molar-refractivity contribution in [2.75, 3.05) is 5.32 Å². The van der Waals surface area contributed by atoms with Gasteiger partial charge in [0, 0.05) is 5.56 Å². The van der Waals surface area contributed by atoms with Crippen LogP contribution in [0.15, 0.2) is 24.3 Å². The van der Waals surface area contributed by atoms with E-state index in [1.165, 1.54) is 20.8 Å². The van der Waals surface area contributed by atoms with Crippen LogP contribution in [0.5, 0.6) is 0 Å². The number of ketones is 1. The predicted molar refractivity (Wildman–Crippen MR) is 67.4 cm³/mol. The molecule has 1 aromatic carbocycles. The summed E-state index contributed by atoms with van der Waals surface area (Å²) in [5, 5.41) is 21.6. The third kappa shape index (κ3) is 3.38. The zero-order valence-electron chi connectivity index (χ0n) is 10.6. The van der Waals surface area contributed by atoms with Crippen LogP contribution in [0.4, 0.5) is 5.69 Å². The zero-order valence-corrected chi connectivity index (χ0v) is 10.6. The first-order valence-electron chi connectivity index (χ1n) is 5.54. The number of benzene rings is 1. The second-order valence-corrected chi connectivity index (χ2v) is 4.65. The summed E-state index contributed by atoms with van der Waals surface area (Å²) in [5.74, 6) is -0.945. The lowest BCUT2D eigenvalue weighted by Gasteiger charge is -2.23. The molecule has 0 spiro atoms. The Bertz CT molecular complexity index is 462. The maximum atomic E-state index is 11.7. The van der Waals surface area contributed by atoms with Crippen LogP contribution in [-0.4, -0.2) is 33.6 Å². The molecule has 1 aromatic rings. The molecule has 0 fully saturated rings. The van der Waals surface area contributed by atoms with Crippen molar-refractivity contribution >= 4 is 17.4 Å². The van der Waals surface area contributed by atoms with Crippen molar-refractivity contribution in [1.82, 2.24) is 0 Å². The standard InChI is InChI=1S/C13H17NO4/c1-8(15)9-6-4-5-7-10(9)14-12(17)11(16)13(2,3)18/h4-7,11,16,18H,1-3H3,(H,14,17). The lowest BCUT2D eigenvalue weighted by atomic mass is 10.0. The highest BCUT2D eigenvalue weighted by atomic mass is 16.3. The van der Waals surface area contributed by atoms with Gasteiger partial charge in [-0.1, -0.05) is 12.1 Å². The number of carbonyl (C=O) groups is 2. The molecule has 1 atom stereocenters. The minimum Gasteiger partial charge on any atom is -0.387 e. The Kier molecular flexibility index (Phi) is 4.21. The molecule has 1 amide bonds. The number of anilines is 1. The van der Waals surface area contributed by atoms with E-state index in [0.717, 1.165) is 0 Å². The van der Waals surface area contributed by atoms with Crippen LogP contribution in [0, 0.1) is 0 Å². The molecule has 0 heterocycles. The maximum absolute atomic E-state index is 11.7. The number of para-hydroxylation sites is 1. The molecule has 98 valence electrons. The molecule has 0 bridgehead atoms. The van der Waals surface area contributed by atoms with Gasteiger partial charge >= 0.3 is 0 Å². The van der Waals surface area contributed by atoms with Crippen molar-refractivity contribution in [3.05, 3.63) is 29.8 Å². The van der Waals surface area contributed by atoms with Crippen LogP contribution >= 0.6 is 0 Å². The van der Waals surface area contributed by atoms with E-state index in [4.69, 9.17) is 0 Å². The Hall–Kier alpha value is -1.72. The molecule has 0 saturated heterocycles. The SMILES string of the molecule is CC(=O)c1ccccc1NC(=O)C(O)C(C)(C)O. The average Bonchev–Trinajstić information content (AvgIpc) is 2.27. The molecule has 1 rings (SSSR count). The lowest BCUT2D eigenvalue weighted by molar-refractivity contribution is -0.136. The van der Waals surface area contributed by atoms with Crippen molar-refractivity contribution in [2.45, 2.75) is 32.5 Å². The summed E-state index contributed by atoms with van der Waals surface area (Å²) in [7, 11) is 0. The predicted octanol–water partition coefficient (Wildman–Crippen LogP) is 0.960. The highest BCUT2D eigenvalue weighted by Crippen LogP contribution is 2.17. The molecule has 18 heavy (non-hydrogen) atoms. The van der Waals surface area contributed by atoms with Crippen LogP contribution in [-0.2, 0) is 4.79 Å². The third-order valence-corrected chi connectivity index (χ3v) is 2.48. The first-order valence-corrected chi connectivity index (χ1v) is 5.54. The Labute approximate surface area is 105 Å². The van der Waals surface area contributed by atoms with Gasteiger partial charge in [0.1, 0.15) is 0 Å². The highest BCUT2D eigenvalue weighted by Gasteiger charge is 2.31. The van der Waals surface area contributed by atoms with E-state index in [1.54, 1.807) is 24.3 Å². The topological polar surface area (TPSA) is 86.6 Å². The van der Waals surface area contributed by atoms with Crippen LogP contribution in [0.1, 0.15) is 31.1 Å². The number of aliphatic hydroxyl groups excluding tert-OH is 1. The van der Waals surface area contributed by atoms with Crippen LogP contribution in [0.2, 0.25) is 0 Å². The minimum absolute atomic E-state index is 0.191. The Morgan fingerprint density at radius 2 is 1.83 bits per heavy atom. The molecule has 0 aliphatic heterocycles. The summed E-state index contributed by atoms with van der Waals surface area (Å²) in [4.78, 5) is 23.1. The molecule has 0 aromatic heterocycles. The number of aliphatic hydroxyl groups is 2. The van der Waals surface area contributed by atoms with Gasteiger partial charge in [0.2, 0.25) is 0 Å². The van der Waals surface area contributed by atoms with Gasteiger partial charge in [-0.15, -0.1) is 0 Å². The van der Waals surface area contributed by atoms with Crippen LogP contribution in [0.25, 0.3) is 0 Å². The summed E-state index contributed by atoms with van der Waals surface area (Å²) in [6, 6.07) is 6.48. The second kappa shape index (κ2) is 5.29. The largest absolute Gasteiger partial charge is 0.387 e. The summed E-state index contributed by atoms with van der Waals surface area (Å²) >= 11 is 0. The van der Waals surface area contributed by atoms with Gasteiger partial charge in [-0.05, 0) is 32.9 Å². The third-order valence-electron chi connectivity index (χ3n) is 2.48. The van der Waals surface area contributed by atoms with Gasteiger partial charge in [0.05, 0.1) is 11.3 Å². The maximum Gasteiger partial charge on any atom is 0.256 e. The summed E-state index contributed by atoms with van der Waals surface area (Å²) in [6.45, 7) is 4.04. The number of amides is 1. The molecule has 5 heteroatoms. The van der Waals surface area contributed by atoms with Crippen LogP contribution in [0.3, 0.4) is 0 Å². The number of Topliss-reactive ketones (excluding diaryl/α,β-unsaturated/α-hetero) is 1. The molecule has 0 aliphatic rings. The molecular formula is C13H17NO4. The van der Waals surface area contributed by atoms with E-state index in [0.29, 0.717) is 11.3 Å². The van der Waals surface area contributed by atoms with Crippen LogP contribution < -0.4 is 5.32 Å². The van der Waals surface area contributed by atoms with E-state index in [-0.39, 0.29) is 5.78 Å². The van der Waals surface area contributed by atoms with Crippen molar-refractivity contribution < 1.29 is 19.8 Å². The number of hydrogen-bond acceptors (Lipinski definition) is 4. The van der Waals surface area contributed by atoms with Gasteiger partial charge < -0.3 is 15.5 Å². The zero-order chi connectivity index (χ0) is 13.9. The molecule has 3 N–H and O–H groups in total. The van der Waals surface area contributed by atoms with Gasteiger partial charge in [0.25, 0.3) is 5.91 Å². The van der Waals surface area contributed by atoms with E-state index >= 15 is 0 Å². The van der Waals surface area contributed by atoms with Crippen molar-refractivity contribution in [1.29, 1.82) is 0 Å². The quantitative estimate of drug-likeness (QED) is 0.696. The number of hydrogen-bond donors (Lipinski definition) is 3. The van der Waals surface area contributed by atoms with E-state index in [1.807, 2.05) is 0 Å². The minimum atomic E-state index is -1.57. The monoisotopic (exact) mass is 251 g/mol. The lowest BCUT2D eigenvalue weighted by Crippen LogP contribution is -2.45. The van der Waals surface area contributed by atoms with Gasteiger partial charge in [-0.25, -0.2) is 0 Å². The molecular weight excluding hydrogens is 234 g/mol. The van der Waals surface area contributed by atoms with Crippen molar-refractivity contribution in [3.63, 3.8) is 0 Å². The molecule has 5 nitrogen and oxygen atoms in total. The fraction of sp³-hybridized carbons (Fsp3) is 0.385. The fourth-order valence-electron chi connectivity index (χ4n) is 1.42. The Balaban J connectivity index is 2.92. The van der Waals surface area contributed by atoms with Crippen molar-refractivity contribution in [2.24, 2.45) is 0 Å². The van der Waals surface area contributed by atoms with Gasteiger partial charge in [0.15, 0.2) is 11.9 Å². The average molecular weight is 251 g/mol. The number of nitrogens with one attached hydrogen (secondary N) is 1. The van der Waals surface area contributed by atoms with E-state index in [2.05, 4.69) is 5.32 Å². The van der Waals surface area contributed by atoms with E-state index < -0.39 is 17.6 Å². The fourth-order valence-corrected chi connectivity index (χ4v) is 1.42.